The van der Waals surface area contributed by atoms with Crippen LogP contribution in [0.1, 0.15) is 33.5 Å². The number of nitrogens with zero attached hydrogens (tertiary/aromatic N) is 5. The number of hydrogen-bond acceptors (Lipinski definition) is 6. The van der Waals surface area contributed by atoms with Gasteiger partial charge in [0.05, 0.1) is 11.2 Å². The molecule has 0 saturated carbocycles. The third-order valence-corrected chi connectivity index (χ3v) is 4.01. The minimum atomic E-state index is 0.268. The number of rotatable bonds is 5. The molecule has 0 aliphatic carbocycles. The van der Waals surface area contributed by atoms with Crippen molar-refractivity contribution in [2.75, 3.05) is 5.73 Å². The lowest BCUT2D eigenvalue weighted by molar-refractivity contribution is 0.121. The summed E-state index contributed by atoms with van der Waals surface area (Å²) in [6, 6.07) is 1.91. The van der Waals surface area contributed by atoms with Gasteiger partial charge in [-0.15, -0.1) is 0 Å². The van der Waals surface area contributed by atoms with Gasteiger partial charge in [0.25, 0.3) is 0 Å². The fourth-order valence-corrected chi connectivity index (χ4v) is 3.01. The van der Waals surface area contributed by atoms with Crippen LogP contribution in [0.15, 0.2) is 21.9 Å². The van der Waals surface area contributed by atoms with E-state index in [0.29, 0.717) is 17.3 Å². The zero-order chi connectivity index (χ0) is 18.1. The minimum absolute atomic E-state index is 0.268. The van der Waals surface area contributed by atoms with Gasteiger partial charge in [-0.3, -0.25) is 4.98 Å². The van der Waals surface area contributed by atoms with Crippen LogP contribution in [-0.2, 0) is 18.0 Å². The highest BCUT2D eigenvalue weighted by Crippen LogP contribution is 2.29. The number of oxime groups is 1. The molecular weight excluding hydrogens is 384 g/mol. The molecule has 0 saturated heterocycles. The van der Waals surface area contributed by atoms with Gasteiger partial charge in [0.15, 0.2) is 18.2 Å². The molecule has 0 atom stereocenters. The van der Waals surface area contributed by atoms with Gasteiger partial charge < -0.3 is 15.1 Å². The summed E-state index contributed by atoms with van der Waals surface area (Å²) in [5, 5.41) is 4.00. The molecule has 0 amide bonds. The van der Waals surface area contributed by atoms with Crippen molar-refractivity contribution < 1.29 is 4.84 Å². The Balaban J connectivity index is 2.24. The van der Waals surface area contributed by atoms with Crippen molar-refractivity contribution in [3.8, 4) is 0 Å². The molecule has 0 aromatic carbocycles. The number of pyridine rings is 2. The van der Waals surface area contributed by atoms with Crippen LogP contribution in [0, 0.1) is 5.92 Å². The van der Waals surface area contributed by atoms with Crippen molar-refractivity contribution in [2.45, 2.75) is 40.8 Å². The Bertz CT molecular complexity index is 959. The minimum Gasteiger partial charge on any atom is -0.388 e. The number of nitrogens with two attached hydrogens (primary N) is 1. The summed E-state index contributed by atoms with van der Waals surface area (Å²) in [4.78, 5) is 19.1. The monoisotopic (exact) mass is 404 g/mol. The Hall–Kier alpha value is -2.22. The van der Waals surface area contributed by atoms with Crippen LogP contribution < -0.4 is 5.73 Å². The first-order chi connectivity index (χ1) is 11.9. The zero-order valence-electron chi connectivity index (χ0n) is 14.7. The normalized spacial score (nSPS) is 11.4. The lowest BCUT2D eigenvalue weighted by atomic mass is 10.2. The average Bonchev–Trinajstić information content (AvgIpc) is 2.86. The van der Waals surface area contributed by atoms with Crippen LogP contribution in [0.3, 0.4) is 0 Å². The summed E-state index contributed by atoms with van der Waals surface area (Å²) in [7, 11) is 0. The highest BCUT2D eigenvalue weighted by atomic mass is 79.9. The molecule has 0 aliphatic heterocycles. The Morgan fingerprint density at radius 3 is 2.76 bits per heavy atom. The maximum atomic E-state index is 6.16. The van der Waals surface area contributed by atoms with Crippen molar-refractivity contribution in [3.63, 3.8) is 0 Å². The largest absolute Gasteiger partial charge is 0.388 e. The predicted octanol–water partition coefficient (Wildman–Crippen LogP) is 3.89. The van der Waals surface area contributed by atoms with Crippen molar-refractivity contribution in [3.05, 3.63) is 22.6 Å². The maximum Gasteiger partial charge on any atom is 0.174 e. The number of halogens is 1. The first-order valence-electron chi connectivity index (χ1n) is 8.09. The Kier molecular flexibility index (Phi) is 4.89. The molecule has 2 N–H and O–H groups in total. The summed E-state index contributed by atoms with van der Waals surface area (Å²) >= 11 is 3.43. The standard InChI is InChI=1S/C17H21BrN6O/c1-9(2)7-24-13(8-25-23-10(3)4)22-15-16(24)14-12(21-17(15)19)5-11(18)6-20-14/h5-6,9H,7-8H2,1-4H3,(H2,19,21). The lowest BCUT2D eigenvalue weighted by Gasteiger charge is -2.12. The van der Waals surface area contributed by atoms with E-state index in [1.807, 2.05) is 19.9 Å². The molecule has 3 aromatic heterocycles. The van der Waals surface area contributed by atoms with E-state index in [9.17, 15) is 0 Å². The fourth-order valence-electron chi connectivity index (χ4n) is 2.69. The summed E-state index contributed by atoms with van der Waals surface area (Å²) in [6.07, 6.45) is 1.76. The van der Waals surface area contributed by atoms with Gasteiger partial charge in [-0.2, -0.15) is 0 Å². The molecule has 0 unspecified atom stereocenters. The number of imidazole rings is 1. The highest BCUT2D eigenvalue weighted by Gasteiger charge is 2.19. The second-order valence-electron chi connectivity index (χ2n) is 6.56. The third-order valence-electron chi connectivity index (χ3n) is 3.58. The molecule has 8 heteroatoms. The molecule has 25 heavy (non-hydrogen) atoms. The molecular formula is C17H21BrN6O. The van der Waals surface area contributed by atoms with Gasteiger partial charge >= 0.3 is 0 Å². The van der Waals surface area contributed by atoms with E-state index >= 15 is 0 Å². The van der Waals surface area contributed by atoms with Crippen LogP contribution >= 0.6 is 15.9 Å². The summed E-state index contributed by atoms with van der Waals surface area (Å²) < 4.78 is 2.97. The van der Waals surface area contributed by atoms with E-state index in [2.05, 4.69) is 54.5 Å². The molecule has 0 spiro atoms. The van der Waals surface area contributed by atoms with Gasteiger partial charge in [0.1, 0.15) is 16.6 Å². The second kappa shape index (κ2) is 6.95. The summed E-state index contributed by atoms with van der Waals surface area (Å²) in [5.74, 6) is 1.58. The topological polar surface area (TPSA) is 91.2 Å². The van der Waals surface area contributed by atoms with Gasteiger partial charge in [-0.25, -0.2) is 9.97 Å². The predicted molar refractivity (Wildman–Crippen MR) is 103 cm³/mol. The van der Waals surface area contributed by atoms with Crippen molar-refractivity contribution in [1.29, 1.82) is 0 Å². The molecule has 0 fully saturated rings. The molecule has 0 bridgehead atoms. The van der Waals surface area contributed by atoms with E-state index in [4.69, 9.17) is 10.6 Å². The third kappa shape index (κ3) is 3.58. The van der Waals surface area contributed by atoms with E-state index < -0.39 is 0 Å². The maximum absolute atomic E-state index is 6.16. The van der Waals surface area contributed by atoms with Gasteiger partial charge in [0, 0.05) is 17.2 Å². The Morgan fingerprint density at radius 1 is 1.32 bits per heavy atom. The zero-order valence-corrected chi connectivity index (χ0v) is 16.3. The molecule has 3 aromatic rings. The number of hydrogen-bond donors (Lipinski definition) is 1. The van der Waals surface area contributed by atoms with Crippen molar-refractivity contribution >= 4 is 49.5 Å². The molecule has 3 rings (SSSR count). The van der Waals surface area contributed by atoms with Gasteiger partial charge in [0.2, 0.25) is 0 Å². The molecule has 0 aliphatic rings. The molecule has 0 radical (unpaired) electrons. The quantitative estimate of drug-likeness (QED) is 0.514. The van der Waals surface area contributed by atoms with Crippen LogP contribution in [-0.4, -0.2) is 25.2 Å². The first kappa shape index (κ1) is 17.6. The second-order valence-corrected chi connectivity index (χ2v) is 7.48. The summed E-state index contributed by atoms with van der Waals surface area (Å²) in [5.41, 5.74) is 10.1. The number of nitrogen functional groups attached to an aromatic ring is 1. The molecule has 132 valence electrons. The van der Waals surface area contributed by atoms with E-state index in [0.717, 1.165) is 39.1 Å². The van der Waals surface area contributed by atoms with Crippen LogP contribution in [0.25, 0.3) is 22.1 Å². The molecule has 7 nitrogen and oxygen atoms in total. The average molecular weight is 405 g/mol. The first-order valence-corrected chi connectivity index (χ1v) is 8.89. The van der Waals surface area contributed by atoms with Crippen molar-refractivity contribution in [1.82, 2.24) is 19.5 Å². The SMILES string of the molecule is CC(C)=NOCc1nc2c(N)nc3cc(Br)cnc3c2n1CC(C)C. The van der Waals surface area contributed by atoms with Gasteiger partial charge in [-0.05, 0) is 41.8 Å². The van der Waals surface area contributed by atoms with E-state index in [1.165, 1.54) is 0 Å². The Morgan fingerprint density at radius 2 is 2.08 bits per heavy atom. The molecule has 3 heterocycles. The summed E-state index contributed by atoms with van der Waals surface area (Å²) in [6.45, 7) is 9.12. The van der Waals surface area contributed by atoms with Crippen LogP contribution in [0.5, 0.6) is 0 Å². The fraction of sp³-hybridized carbons (Fsp3) is 0.412. The van der Waals surface area contributed by atoms with Crippen molar-refractivity contribution in [2.24, 2.45) is 11.1 Å². The number of anilines is 1. The lowest BCUT2D eigenvalue weighted by Crippen LogP contribution is -2.10. The Labute approximate surface area is 154 Å². The highest BCUT2D eigenvalue weighted by molar-refractivity contribution is 9.10. The van der Waals surface area contributed by atoms with E-state index in [-0.39, 0.29) is 6.61 Å². The number of fused-ring (bicyclic) bond motifs is 3. The van der Waals surface area contributed by atoms with Crippen LogP contribution in [0.4, 0.5) is 5.82 Å². The van der Waals surface area contributed by atoms with Crippen LogP contribution in [0.2, 0.25) is 0 Å². The number of aromatic nitrogens is 4. The van der Waals surface area contributed by atoms with E-state index in [1.54, 1.807) is 6.20 Å². The smallest absolute Gasteiger partial charge is 0.174 e. The van der Waals surface area contributed by atoms with Gasteiger partial charge in [-0.1, -0.05) is 19.0 Å².